The first-order valence-corrected chi connectivity index (χ1v) is 28.8. The van der Waals surface area contributed by atoms with Gasteiger partial charge in [0.2, 0.25) is 0 Å². The molecule has 0 N–H and O–H groups in total. The van der Waals surface area contributed by atoms with Crippen LogP contribution in [-0.4, -0.2) is 37.2 Å². The van der Waals surface area contributed by atoms with Crippen LogP contribution in [0.1, 0.15) is 324 Å². The number of hydrogen-bond acceptors (Lipinski definition) is 6. The first kappa shape index (κ1) is 62.4. The van der Waals surface area contributed by atoms with Crippen molar-refractivity contribution in [3.05, 3.63) is 0 Å². The van der Waals surface area contributed by atoms with Gasteiger partial charge in [-0.1, -0.05) is 285 Å². The van der Waals surface area contributed by atoms with E-state index in [4.69, 9.17) is 14.2 Å². The minimum atomic E-state index is -0.761. The lowest BCUT2D eigenvalue weighted by Crippen LogP contribution is -2.30. The van der Waals surface area contributed by atoms with Crippen molar-refractivity contribution >= 4 is 17.9 Å². The standard InChI is InChI=1S/C58H112O6/c1-6-8-9-10-31-38-43-48-56(59)62-51-55(64-58(61)50-45-40-35-30-26-22-18-17-20-24-28-33-37-42-47-54(5)7-2)52-63-57(60)49-44-39-34-29-25-21-16-14-12-11-13-15-19-23-27-32-36-41-46-53(3)4/h53-55H,6-52H2,1-5H3/t54?,55-/m1/s1. The Morgan fingerprint density at radius 2 is 0.594 bits per heavy atom. The SMILES string of the molecule is CCCCCCCCCC(=O)OC[C@H](COC(=O)CCCCCCCCCCCCCCCCCCCCC(C)C)OC(=O)CCCCCCCCCCCCCCCCC(C)CC. The van der Waals surface area contributed by atoms with Gasteiger partial charge in [0.15, 0.2) is 6.10 Å². The van der Waals surface area contributed by atoms with E-state index in [1.807, 2.05) is 0 Å². The summed E-state index contributed by atoms with van der Waals surface area (Å²) in [4.78, 5) is 37.9. The van der Waals surface area contributed by atoms with Crippen LogP contribution in [0.25, 0.3) is 0 Å². The second-order valence-electron chi connectivity index (χ2n) is 20.6. The van der Waals surface area contributed by atoms with Crippen LogP contribution in [0.4, 0.5) is 0 Å². The van der Waals surface area contributed by atoms with Crippen molar-refractivity contribution in [1.29, 1.82) is 0 Å². The van der Waals surface area contributed by atoms with Gasteiger partial charge in [-0.3, -0.25) is 14.4 Å². The Morgan fingerprint density at radius 3 is 0.891 bits per heavy atom. The van der Waals surface area contributed by atoms with Gasteiger partial charge in [-0.15, -0.1) is 0 Å². The number of carbonyl (C=O) groups is 3. The van der Waals surface area contributed by atoms with E-state index < -0.39 is 6.10 Å². The maximum absolute atomic E-state index is 12.8. The van der Waals surface area contributed by atoms with Crippen molar-refractivity contribution in [2.75, 3.05) is 13.2 Å². The highest BCUT2D eigenvalue weighted by molar-refractivity contribution is 5.71. The topological polar surface area (TPSA) is 78.9 Å². The van der Waals surface area contributed by atoms with E-state index >= 15 is 0 Å². The molecule has 6 nitrogen and oxygen atoms in total. The summed E-state index contributed by atoms with van der Waals surface area (Å²) in [6, 6.07) is 0. The second-order valence-corrected chi connectivity index (χ2v) is 20.6. The van der Waals surface area contributed by atoms with E-state index in [-0.39, 0.29) is 31.1 Å². The van der Waals surface area contributed by atoms with Crippen LogP contribution in [-0.2, 0) is 28.6 Å². The zero-order valence-electron chi connectivity index (χ0n) is 43.9. The fraction of sp³-hybridized carbons (Fsp3) is 0.948. The molecule has 0 saturated carbocycles. The third-order valence-electron chi connectivity index (χ3n) is 13.6. The molecule has 0 heterocycles. The van der Waals surface area contributed by atoms with E-state index in [9.17, 15) is 14.4 Å². The molecule has 0 radical (unpaired) electrons. The minimum absolute atomic E-state index is 0.0631. The van der Waals surface area contributed by atoms with Gasteiger partial charge in [-0.2, -0.15) is 0 Å². The third-order valence-corrected chi connectivity index (χ3v) is 13.6. The molecule has 0 bridgehead atoms. The van der Waals surface area contributed by atoms with Gasteiger partial charge in [0.1, 0.15) is 13.2 Å². The van der Waals surface area contributed by atoms with Crippen molar-refractivity contribution < 1.29 is 28.6 Å². The van der Waals surface area contributed by atoms with Crippen LogP contribution in [0.2, 0.25) is 0 Å². The lowest BCUT2D eigenvalue weighted by atomic mass is 9.99. The Balaban J connectivity index is 4.13. The van der Waals surface area contributed by atoms with Crippen molar-refractivity contribution in [3.8, 4) is 0 Å². The molecule has 0 aliphatic rings. The first-order chi connectivity index (χ1) is 31.3. The van der Waals surface area contributed by atoms with Crippen molar-refractivity contribution in [2.45, 2.75) is 330 Å². The Morgan fingerprint density at radius 1 is 0.328 bits per heavy atom. The highest BCUT2D eigenvalue weighted by Crippen LogP contribution is 2.19. The molecule has 1 unspecified atom stereocenters. The number of esters is 3. The third kappa shape index (κ3) is 49.8. The molecular formula is C58H112O6. The van der Waals surface area contributed by atoms with Gasteiger partial charge in [-0.05, 0) is 31.1 Å². The Hall–Kier alpha value is -1.59. The zero-order chi connectivity index (χ0) is 46.8. The van der Waals surface area contributed by atoms with Crippen molar-refractivity contribution in [2.24, 2.45) is 11.8 Å². The summed E-state index contributed by atoms with van der Waals surface area (Å²) < 4.78 is 16.8. The second kappa shape index (κ2) is 50.8. The monoisotopic (exact) mass is 905 g/mol. The summed E-state index contributed by atoms with van der Waals surface area (Å²) in [5, 5.41) is 0. The molecule has 6 heteroatoms. The van der Waals surface area contributed by atoms with Gasteiger partial charge in [0, 0.05) is 19.3 Å². The van der Waals surface area contributed by atoms with E-state index in [2.05, 4.69) is 34.6 Å². The average Bonchev–Trinajstić information content (AvgIpc) is 3.28. The molecular weight excluding hydrogens is 793 g/mol. The molecule has 0 fully saturated rings. The molecule has 64 heavy (non-hydrogen) atoms. The molecule has 2 atom stereocenters. The number of unbranched alkanes of at least 4 members (excludes halogenated alkanes) is 36. The first-order valence-electron chi connectivity index (χ1n) is 28.8. The summed E-state index contributed by atoms with van der Waals surface area (Å²) in [6.45, 7) is 11.4. The zero-order valence-corrected chi connectivity index (χ0v) is 43.9. The highest BCUT2D eigenvalue weighted by Gasteiger charge is 2.19. The van der Waals surface area contributed by atoms with Gasteiger partial charge in [0.25, 0.3) is 0 Å². The fourth-order valence-electron chi connectivity index (χ4n) is 8.84. The molecule has 0 rings (SSSR count). The Labute approximate surface area is 399 Å². The quantitative estimate of drug-likeness (QED) is 0.0344. The molecule has 0 spiro atoms. The van der Waals surface area contributed by atoms with Crippen molar-refractivity contribution in [3.63, 3.8) is 0 Å². The molecule has 0 aliphatic carbocycles. The summed E-state index contributed by atoms with van der Waals surface area (Å²) in [5.74, 6) is 0.906. The molecule has 0 amide bonds. The van der Waals surface area contributed by atoms with Crippen molar-refractivity contribution in [1.82, 2.24) is 0 Å². The molecule has 380 valence electrons. The Kier molecular flexibility index (Phi) is 49.6. The van der Waals surface area contributed by atoms with Gasteiger partial charge in [0.05, 0.1) is 0 Å². The molecule has 0 aliphatic heterocycles. The fourth-order valence-corrected chi connectivity index (χ4v) is 8.84. The van der Waals surface area contributed by atoms with E-state index in [1.54, 1.807) is 0 Å². The van der Waals surface area contributed by atoms with E-state index in [0.29, 0.717) is 19.3 Å². The molecule has 0 aromatic carbocycles. The lowest BCUT2D eigenvalue weighted by molar-refractivity contribution is -0.167. The predicted molar refractivity (Wildman–Crippen MR) is 275 cm³/mol. The molecule has 0 aromatic rings. The van der Waals surface area contributed by atoms with E-state index in [0.717, 1.165) is 69.6 Å². The number of ether oxygens (including phenoxy) is 3. The van der Waals surface area contributed by atoms with Crippen LogP contribution in [0.5, 0.6) is 0 Å². The summed E-state index contributed by atoms with van der Waals surface area (Å²) in [7, 11) is 0. The Bertz CT molecular complexity index is 980. The van der Waals surface area contributed by atoms with Crippen LogP contribution in [0.3, 0.4) is 0 Å². The average molecular weight is 906 g/mol. The largest absolute Gasteiger partial charge is 0.462 e. The van der Waals surface area contributed by atoms with Gasteiger partial charge < -0.3 is 14.2 Å². The summed E-state index contributed by atoms with van der Waals surface area (Å²) >= 11 is 0. The smallest absolute Gasteiger partial charge is 0.306 e. The highest BCUT2D eigenvalue weighted by atomic mass is 16.6. The number of carbonyl (C=O) groups excluding carboxylic acids is 3. The predicted octanol–water partition coefficient (Wildman–Crippen LogP) is 18.9. The summed E-state index contributed by atoms with van der Waals surface area (Å²) in [6.07, 6.45) is 53.9. The van der Waals surface area contributed by atoms with Gasteiger partial charge >= 0.3 is 17.9 Å². The minimum Gasteiger partial charge on any atom is -0.462 e. The lowest BCUT2D eigenvalue weighted by Gasteiger charge is -2.18. The number of rotatable bonds is 52. The summed E-state index contributed by atoms with van der Waals surface area (Å²) in [5.41, 5.74) is 0. The number of hydrogen-bond donors (Lipinski definition) is 0. The van der Waals surface area contributed by atoms with Crippen LogP contribution in [0.15, 0.2) is 0 Å². The maximum atomic E-state index is 12.8. The normalized spacial score (nSPS) is 12.5. The molecule has 0 saturated heterocycles. The van der Waals surface area contributed by atoms with Crippen LogP contribution < -0.4 is 0 Å². The van der Waals surface area contributed by atoms with Gasteiger partial charge in [-0.25, -0.2) is 0 Å². The van der Waals surface area contributed by atoms with Crippen LogP contribution >= 0.6 is 0 Å². The van der Waals surface area contributed by atoms with E-state index in [1.165, 1.54) is 212 Å². The van der Waals surface area contributed by atoms with Crippen LogP contribution in [0, 0.1) is 11.8 Å². The molecule has 0 aromatic heterocycles. The maximum Gasteiger partial charge on any atom is 0.306 e.